The van der Waals surface area contributed by atoms with Crippen LogP contribution in [0.1, 0.15) is 0 Å². The van der Waals surface area contributed by atoms with Gasteiger partial charge in [0.15, 0.2) is 0 Å². The van der Waals surface area contributed by atoms with Crippen LogP contribution in [0.25, 0.3) is 0 Å². The van der Waals surface area contributed by atoms with Crippen LogP contribution in [0.3, 0.4) is 0 Å². The third-order valence-corrected chi connectivity index (χ3v) is 1.22. The zero-order valence-electron chi connectivity index (χ0n) is 4.76. The van der Waals surface area contributed by atoms with Gasteiger partial charge < -0.3 is 0 Å². The highest BCUT2D eigenvalue weighted by molar-refractivity contribution is 5.02. The van der Waals surface area contributed by atoms with Gasteiger partial charge in [-0.05, 0) is 7.05 Å². The van der Waals surface area contributed by atoms with E-state index in [0.29, 0.717) is 0 Å². The summed E-state index contributed by atoms with van der Waals surface area (Å²) in [5.74, 6) is 0. The highest BCUT2D eigenvalue weighted by atomic mass is 15.3. The number of hydrogen-bond donors (Lipinski definition) is 1. The van der Waals surface area contributed by atoms with Crippen LogP contribution in [0.2, 0.25) is 0 Å². The molecule has 0 aromatic rings. The Morgan fingerprint density at radius 3 is 3.00 bits per heavy atom. The lowest BCUT2D eigenvalue weighted by atomic mass is 10.3. The molecule has 3 heteroatoms. The molecular formula is C5H8N3. The molecular weight excluding hydrogens is 102 g/mol. The van der Waals surface area contributed by atoms with Gasteiger partial charge in [0.25, 0.3) is 0 Å². The van der Waals surface area contributed by atoms with Gasteiger partial charge >= 0.3 is 0 Å². The van der Waals surface area contributed by atoms with Crippen LogP contribution in [-0.4, -0.2) is 24.7 Å². The molecule has 1 N–H and O–H groups in total. The summed E-state index contributed by atoms with van der Waals surface area (Å²) in [5, 5.41) is 11.3. The average molecular weight is 110 g/mol. The first-order valence-electron chi connectivity index (χ1n) is 2.51. The maximum Gasteiger partial charge on any atom is 0.116 e. The second-order valence-electron chi connectivity index (χ2n) is 1.86. The Hall–Kier alpha value is -0.590. The monoisotopic (exact) mass is 110 g/mol. The van der Waals surface area contributed by atoms with E-state index in [4.69, 9.17) is 5.26 Å². The van der Waals surface area contributed by atoms with Crippen molar-refractivity contribution < 1.29 is 0 Å². The Morgan fingerprint density at radius 2 is 2.75 bits per heavy atom. The standard InChI is InChI=1S/C5H8N3/c1-8-4-7-3-5(8)2-6/h3,5,7H,4H2,1H3. The molecule has 1 aliphatic heterocycles. The molecule has 1 unspecified atom stereocenters. The number of rotatable bonds is 0. The molecule has 0 saturated carbocycles. The van der Waals surface area contributed by atoms with Crippen molar-refractivity contribution in [3.8, 4) is 6.07 Å². The number of likely N-dealkylation sites (N-methyl/N-ethyl adjacent to an activating group) is 1. The molecule has 0 aliphatic carbocycles. The summed E-state index contributed by atoms with van der Waals surface area (Å²) in [7, 11) is 1.91. The zero-order chi connectivity index (χ0) is 5.98. The van der Waals surface area contributed by atoms with Crippen LogP contribution in [0.5, 0.6) is 0 Å². The van der Waals surface area contributed by atoms with Gasteiger partial charge in [-0.1, -0.05) is 0 Å². The van der Waals surface area contributed by atoms with E-state index in [1.807, 2.05) is 11.9 Å². The second-order valence-corrected chi connectivity index (χ2v) is 1.86. The molecule has 1 atom stereocenters. The number of nitrogens with zero attached hydrogens (tertiary/aromatic N) is 2. The minimum atomic E-state index is -0.0324. The largest absolute Gasteiger partial charge is 0.297 e. The van der Waals surface area contributed by atoms with Crippen molar-refractivity contribution in [2.45, 2.75) is 6.04 Å². The second kappa shape index (κ2) is 2.12. The van der Waals surface area contributed by atoms with Crippen molar-refractivity contribution in [1.29, 1.82) is 5.26 Å². The highest BCUT2D eigenvalue weighted by Gasteiger charge is 2.18. The van der Waals surface area contributed by atoms with Crippen molar-refractivity contribution in [1.82, 2.24) is 10.2 Å². The SMILES string of the molecule is CN1CN[CH]C1C#N. The summed E-state index contributed by atoms with van der Waals surface area (Å²) >= 11 is 0. The number of hydrogen-bond acceptors (Lipinski definition) is 3. The molecule has 8 heavy (non-hydrogen) atoms. The lowest BCUT2D eigenvalue weighted by molar-refractivity contribution is 0.369. The van der Waals surface area contributed by atoms with Crippen LogP contribution in [0.15, 0.2) is 0 Å². The molecule has 3 nitrogen and oxygen atoms in total. The van der Waals surface area contributed by atoms with E-state index in [1.165, 1.54) is 0 Å². The van der Waals surface area contributed by atoms with Gasteiger partial charge in [0.05, 0.1) is 12.6 Å². The molecule has 1 aliphatic rings. The minimum Gasteiger partial charge on any atom is -0.297 e. The van der Waals surface area contributed by atoms with Gasteiger partial charge in [0.1, 0.15) is 6.04 Å². The minimum absolute atomic E-state index is 0.0324. The number of nitrogens with one attached hydrogen (secondary N) is 1. The summed E-state index contributed by atoms with van der Waals surface area (Å²) in [6.45, 7) is 2.58. The molecule has 0 spiro atoms. The maximum atomic E-state index is 8.37. The van der Waals surface area contributed by atoms with E-state index < -0.39 is 0 Å². The van der Waals surface area contributed by atoms with E-state index in [-0.39, 0.29) is 6.04 Å². The van der Waals surface area contributed by atoms with E-state index in [1.54, 1.807) is 6.54 Å². The molecule has 1 saturated heterocycles. The fourth-order valence-corrected chi connectivity index (χ4v) is 0.670. The van der Waals surface area contributed by atoms with E-state index >= 15 is 0 Å². The maximum absolute atomic E-state index is 8.37. The van der Waals surface area contributed by atoms with Crippen LogP contribution < -0.4 is 5.32 Å². The Morgan fingerprint density at radius 1 is 2.00 bits per heavy atom. The molecule has 1 heterocycles. The first kappa shape index (κ1) is 5.54. The summed E-state index contributed by atoms with van der Waals surface area (Å²) in [6.07, 6.45) is 0. The molecule has 1 rings (SSSR count). The number of nitriles is 1. The first-order chi connectivity index (χ1) is 3.84. The van der Waals surface area contributed by atoms with Crippen LogP contribution >= 0.6 is 0 Å². The topological polar surface area (TPSA) is 39.1 Å². The van der Waals surface area contributed by atoms with Gasteiger partial charge in [-0.15, -0.1) is 0 Å². The summed E-state index contributed by atoms with van der Waals surface area (Å²) in [4.78, 5) is 1.93. The lowest BCUT2D eigenvalue weighted by Crippen LogP contribution is -2.23. The van der Waals surface area contributed by atoms with Gasteiger partial charge in [-0.3, -0.25) is 10.2 Å². The van der Waals surface area contributed by atoms with E-state index in [0.717, 1.165) is 6.67 Å². The summed E-state index contributed by atoms with van der Waals surface area (Å²) in [5.41, 5.74) is 0. The van der Waals surface area contributed by atoms with Crippen molar-refractivity contribution in [2.24, 2.45) is 0 Å². The molecule has 43 valence electrons. The average Bonchev–Trinajstić information content (AvgIpc) is 2.14. The van der Waals surface area contributed by atoms with Gasteiger partial charge in [0, 0.05) is 6.67 Å². The smallest absolute Gasteiger partial charge is 0.116 e. The van der Waals surface area contributed by atoms with Crippen molar-refractivity contribution in [2.75, 3.05) is 13.7 Å². The zero-order valence-corrected chi connectivity index (χ0v) is 4.76. The molecule has 1 radical (unpaired) electrons. The van der Waals surface area contributed by atoms with Gasteiger partial charge in [0.2, 0.25) is 0 Å². The van der Waals surface area contributed by atoms with Gasteiger partial charge in [-0.25, -0.2) is 0 Å². The predicted molar refractivity (Wildman–Crippen MR) is 29.5 cm³/mol. The molecule has 0 aromatic heterocycles. The van der Waals surface area contributed by atoms with Crippen molar-refractivity contribution in [3.63, 3.8) is 0 Å². The Balaban J connectivity index is 2.45. The fourth-order valence-electron chi connectivity index (χ4n) is 0.670. The van der Waals surface area contributed by atoms with E-state index in [9.17, 15) is 0 Å². The summed E-state index contributed by atoms with van der Waals surface area (Å²) in [6, 6.07) is 2.09. The first-order valence-corrected chi connectivity index (χ1v) is 2.51. The Bertz CT molecular complexity index is 115. The molecule has 1 fully saturated rings. The van der Waals surface area contributed by atoms with Crippen molar-refractivity contribution in [3.05, 3.63) is 6.54 Å². The van der Waals surface area contributed by atoms with Crippen LogP contribution in [-0.2, 0) is 0 Å². The van der Waals surface area contributed by atoms with Gasteiger partial charge in [-0.2, -0.15) is 5.26 Å². The highest BCUT2D eigenvalue weighted by Crippen LogP contribution is 2.01. The lowest BCUT2D eigenvalue weighted by Gasteiger charge is -2.07. The van der Waals surface area contributed by atoms with E-state index in [2.05, 4.69) is 11.4 Å². The fraction of sp³-hybridized carbons (Fsp3) is 0.600. The van der Waals surface area contributed by atoms with Crippen LogP contribution in [0, 0.1) is 17.9 Å². The third-order valence-electron chi connectivity index (χ3n) is 1.22. The quantitative estimate of drug-likeness (QED) is 0.458. The predicted octanol–water partition coefficient (Wildman–Crippen LogP) is -0.467. The van der Waals surface area contributed by atoms with Crippen LogP contribution in [0.4, 0.5) is 0 Å². The normalized spacial score (nSPS) is 30.2. The molecule has 0 bridgehead atoms. The van der Waals surface area contributed by atoms with Crippen molar-refractivity contribution >= 4 is 0 Å². The Kier molecular flexibility index (Phi) is 1.47. The summed E-state index contributed by atoms with van der Waals surface area (Å²) < 4.78 is 0. The molecule has 0 amide bonds. The molecule has 0 aromatic carbocycles. The Labute approximate surface area is 48.9 Å². The third kappa shape index (κ3) is 0.808.